The molecule has 0 fully saturated rings. The molecule has 0 saturated carbocycles. The van der Waals surface area contributed by atoms with E-state index in [1.807, 2.05) is 17.5 Å². The molecule has 0 radical (unpaired) electrons. The van der Waals surface area contributed by atoms with Crippen molar-refractivity contribution >= 4 is 28.1 Å². The number of nitrogens with zero attached hydrogens (tertiary/aromatic N) is 1. The van der Waals surface area contributed by atoms with Crippen molar-refractivity contribution in [3.05, 3.63) is 22.4 Å². The van der Waals surface area contributed by atoms with Gasteiger partial charge in [0.2, 0.25) is 0 Å². The summed E-state index contributed by atoms with van der Waals surface area (Å²) in [5, 5.41) is 14.1. The molecule has 0 aliphatic carbocycles. The van der Waals surface area contributed by atoms with E-state index in [0.29, 0.717) is 5.17 Å². The van der Waals surface area contributed by atoms with Crippen molar-refractivity contribution < 1.29 is 5.21 Å². The molecule has 0 aliphatic heterocycles. The normalized spacial score (nSPS) is 14.3. The first-order valence-electron chi connectivity index (χ1n) is 4.70. The van der Waals surface area contributed by atoms with Crippen LogP contribution in [-0.2, 0) is 0 Å². The van der Waals surface area contributed by atoms with Crippen LogP contribution < -0.4 is 0 Å². The van der Waals surface area contributed by atoms with Crippen LogP contribution in [0.25, 0.3) is 0 Å². The third kappa shape index (κ3) is 3.00. The number of thiophene rings is 1. The van der Waals surface area contributed by atoms with E-state index in [1.54, 1.807) is 11.3 Å². The highest BCUT2D eigenvalue weighted by atomic mass is 35.5. The molecule has 1 N–H and O–H groups in total. The minimum atomic E-state index is 0.0709. The summed E-state index contributed by atoms with van der Waals surface area (Å²) >= 11 is 7.51. The van der Waals surface area contributed by atoms with E-state index in [9.17, 15) is 0 Å². The Labute approximate surface area is 93.2 Å². The summed E-state index contributed by atoms with van der Waals surface area (Å²) in [6.45, 7) is 2.13. The SMILES string of the molecule is CCCCC(/C(Cl)=N\O)c1cccs1. The van der Waals surface area contributed by atoms with Crippen molar-refractivity contribution in [1.82, 2.24) is 0 Å². The van der Waals surface area contributed by atoms with Gasteiger partial charge in [-0.2, -0.15) is 0 Å². The lowest BCUT2D eigenvalue weighted by Gasteiger charge is -2.11. The average Bonchev–Trinajstić information content (AvgIpc) is 2.71. The minimum Gasteiger partial charge on any atom is -0.410 e. The molecule has 2 nitrogen and oxygen atoms in total. The van der Waals surface area contributed by atoms with Crippen molar-refractivity contribution in [2.45, 2.75) is 32.1 Å². The minimum absolute atomic E-state index is 0.0709. The van der Waals surface area contributed by atoms with Crippen molar-refractivity contribution in [3.8, 4) is 0 Å². The van der Waals surface area contributed by atoms with Gasteiger partial charge in [-0.15, -0.1) is 11.3 Å². The summed E-state index contributed by atoms with van der Waals surface area (Å²) in [4.78, 5) is 1.17. The van der Waals surface area contributed by atoms with Crippen LogP contribution in [-0.4, -0.2) is 10.4 Å². The molecule has 0 bridgehead atoms. The highest BCUT2D eigenvalue weighted by Crippen LogP contribution is 2.29. The molecule has 1 atom stereocenters. The second-order valence-electron chi connectivity index (χ2n) is 3.13. The highest BCUT2D eigenvalue weighted by molar-refractivity contribution is 7.10. The molecule has 1 rings (SSSR count). The fourth-order valence-corrected chi connectivity index (χ4v) is 2.50. The molecule has 0 aliphatic rings. The Morgan fingerprint density at radius 1 is 1.71 bits per heavy atom. The van der Waals surface area contributed by atoms with Gasteiger partial charge < -0.3 is 5.21 Å². The maximum absolute atomic E-state index is 8.66. The van der Waals surface area contributed by atoms with Gasteiger partial charge in [-0.25, -0.2) is 0 Å². The van der Waals surface area contributed by atoms with Gasteiger partial charge in [0.1, 0.15) is 0 Å². The van der Waals surface area contributed by atoms with Gasteiger partial charge in [-0.3, -0.25) is 0 Å². The molecule has 0 aromatic carbocycles. The molecule has 1 heterocycles. The summed E-state index contributed by atoms with van der Waals surface area (Å²) in [6.07, 6.45) is 3.16. The number of halogens is 1. The van der Waals surface area contributed by atoms with Crippen LogP contribution in [0.3, 0.4) is 0 Å². The molecule has 14 heavy (non-hydrogen) atoms. The van der Waals surface area contributed by atoms with E-state index in [4.69, 9.17) is 16.8 Å². The Kier molecular flexibility index (Phi) is 4.98. The first-order valence-corrected chi connectivity index (χ1v) is 5.96. The molecule has 0 saturated heterocycles. The van der Waals surface area contributed by atoms with Crippen LogP contribution in [0.1, 0.15) is 37.0 Å². The maximum atomic E-state index is 8.66. The van der Waals surface area contributed by atoms with Gasteiger partial charge in [0.25, 0.3) is 0 Å². The lowest BCUT2D eigenvalue weighted by Crippen LogP contribution is -2.05. The number of rotatable bonds is 5. The molecule has 1 aromatic heterocycles. The average molecular weight is 232 g/mol. The van der Waals surface area contributed by atoms with Gasteiger partial charge in [0, 0.05) is 4.88 Å². The topological polar surface area (TPSA) is 32.6 Å². The zero-order valence-electron chi connectivity index (χ0n) is 8.11. The molecule has 0 amide bonds. The van der Waals surface area contributed by atoms with E-state index in [2.05, 4.69) is 12.1 Å². The number of oxime groups is 1. The van der Waals surface area contributed by atoms with Crippen molar-refractivity contribution in [2.24, 2.45) is 5.16 Å². The van der Waals surface area contributed by atoms with Crippen LogP contribution in [0.15, 0.2) is 22.7 Å². The largest absolute Gasteiger partial charge is 0.410 e. The number of hydrogen-bond acceptors (Lipinski definition) is 3. The molecule has 1 unspecified atom stereocenters. The number of hydrogen-bond donors (Lipinski definition) is 1. The molecular weight excluding hydrogens is 218 g/mol. The van der Waals surface area contributed by atoms with E-state index in [0.717, 1.165) is 19.3 Å². The van der Waals surface area contributed by atoms with Gasteiger partial charge in [-0.1, -0.05) is 42.6 Å². The summed E-state index contributed by atoms with van der Waals surface area (Å²) in [7, 11) is 0. The van der Waals surface area contributed by atoms with E-state index in [1.165, 1.54) is 4.88 Å². The highest BCUT2D eigenvalue weighted by Gasteiger charge is 2.17. The predicted molar refractivity (Wildman–Crippen MR) is 61.7 cm³/mol. The van der Waals surface area contributed by atoms with Crippen LogP contribution in [0.4, 0.5) is 0 Å². The quantitative estimate of drug-likeness (QED) is 0.463. The summed E-state index contributed by atoms with van der Waals surface area (Å²) in [6, 6.07) is 4.01. The van der Waals surface area contributed by atoms with Gasteiger partial charge >= 0.3 is 0 Å². The summed E-state index contributed by atoms with van der Waals surface area (Å²) in [5.41, 5.74) is 0. The summed E-state index contributed by atoms with van der Waals surface area (Å²) in [5.74, 6) is 0.0709. The van der Waals surface area contributed by atoms with Crippen molar-refractivity contribution in [1.29, 1.82) is 0 Å². The Hall–Kier alpha value is -0.540. The van der Waals surface area contributed by atoms with Gasteiger partial charge in [0.15, 0.2) is 5.17 Å². The van der Waals surface area contributed by atoms with E-state index >= 15 is 0 Å². The lowest BCUT2D eigenvalue weighted by molar-refractivity contribution is 0.318. The van der Waals surface area contributed by atoms with E-state index < -0.39 is 0 Å². The third-order valence-corrected chi connectivity index (χ3v) is 3.44. The maximum Gasteiger partial charge on any atom is 0.153 e. The zero-order valence-corrected chi connectivity index (χ0v) is 9.68. The standard InChI is InChI=1S/C10H14ClNOS/c1-2-3-5-8(10(11)12-13)9-6-4-7-14-9/h4,6-8,13H,2-3,5H2,1H3/b12-10+. The Bertz CT molecular complexity index is 284. The molecule has 1 aromatic rings. The number of unbranched alkanes of at least 4 members (excludes halogenated alkanes) is 1. The van der Waals surface area contributed by atoms with Crippen LogP contribution in [0.2, 0.25) is 0 Å². The lowest BCUT2D eigenvalue weighted by atomic mass is 10.0. The third-order valence-electron chi connectivity index (χ3n) is 2.12. The second kappa shape index (κ2) is 6.04. The van der Waals surface area contributed by atoms with Crippen LogP contribution >= 0.6 is 22.9 Å². The van der Waals surface area contributed by atoms with Crippen LogP contribution in [0, 0.1) is 0 Å². The second-order valence-corrected chi connectivity index (χ2v) is 4.50. The van der Waals surface area contributed by atoms with Gasteiger partial charge in [0.05, 0.1) is 5.92 Å². The van der Waals surface area contributed by atoms with Crippen molar-refractivity contribution in [2.75, 3.05) is 0 Å². The molecule has 78 valence electrons. The summed E-state index contributed by atoms with van der Waals surface area (Å²) < 4.78 is 0. The monoisotopic (exact) mass is 231 g/mol. The Morgan fingerprint density at radius 3 is 3.00 bits per heavy atom. The fraction of sp³-hybridized carbons (Fsp3) is 0.500. The molecular formula is C10H14ClNOS. The zero-order chi connectivity index (χ0) is 10.4. The predicted octanol–water partition coefficient (Wildman–Crippen LogP) is 4.05. The smallest absolute Gasteiger partial charge is 0.153 e. The molecule has 0 spiro atoms. The first kappa shape index (κ1) is 11.5. The van der Waals surface area contributed by atoms with E-state index in [-0.39, 0.29) is 5.92 Å². The Morgan fingerprint density at radius 2 is 2.50 bits per heavy atom. The van der Waals surface area contributed by atoms with Crippen LogP contribution in [0.5, 0.6) is 0 Å². The Balaban J connectivity index is 2.72. The fourth-order valence-electron chi connectivity index (χ4n) is 1.35. The molecule has 4 heteroatoms. The first-order chi connectivity index (χ1) is 6.79. The van der Waals surface area contributed by atoms with Gasteiger partial charge in [-0.05, 0) is 17.9 Å². The van der Waals surface area contributed by atoms with Crippen molar-refractivity contribution in [3.63, 3.8) is 0 Å².